The van der Waals surface area contributed by atoms with Gasteiger partial charge in [0.25, 0.3) is 0 Å². The van der Waals surface area contributed by atoms with E-state index in [4.69, 9.17) is 5.11 Å². The van der Waals surface area contributed by atoms with Crippen molar-refractivity contribution < 1.29 is 9.84 Å². The molecule has 7 heavy (non-hydrogen) atoms. The maximum atomic E-state index is 8.69. The fraction of sp³-hybridized carbons (Fsp3) is 0.800. The van der Waals surface area contributed by atoms with Crippen LogP contribution in [0, 0.1) is 7.11 Å². The summed E-state index contributed by atoms with van der Waals surface area (Å²) in [5, 5.41) is 8.69. The van der Waals surface area contributed by atoms with Crippen LogP contribution in [-0.4, -0.2) is 17.8 Å². The molecule has 0 rings (SSSR count). The highest BCUT2D eigenvalue weighted by Gasteiger charge is 1.92. The molecule has 1 atom stereocenters. The van der Waals surface area contributed by atoms with Crippen LogP contribution in [0.2, 0.25) is 0 Å². The lowest BCUT2D eigenvalue weighted by Crippen LogP contribution is -2.10. The minimum absolute atomic E-state index is 0.336. The number of hydrogen-bond donors (Lipinski definition) is 1. The van der Waals surface area contributed by atoms with E-state index in [1.165, 1.54) is 0 Å². The van der Waals surface area contributed by atoms with E-state index in [1.807, 2.05) is 6.92 Å². The smallest absolute Gasteiger partial charge is 0.0741 e. The summed E-state index contributed by atoms with van der Waals surface area (Å²) in [5.41, 5.74) is 0. The first-order chi connectivity index (χ1) is 3.31. The largest absolute Gasteiger partial charge is 0.553 e. The molecule has 0 spiro atoms. The standard InChI is InChI=1S/C5H11O2/c1-3-5(6)4-7-2/h5-6H,2-4H2,1H3/q-1. The SMILES string of the molecule is [CH2-]OCC(O)CC. The average Bonchev–Trinajstić information content (AvgIpc) is 1.68. The van der Waals surface area contributed by atoms with Gasteiger partial charge in [0.15, 0.2) is 0 Å². The second-order valence-corrected chi connectivity index (χ2v) is 1.43. The third-order valence-electron chi connectivity index (χ3n) is 0.781. The quantitative estimate of drug-likeness (QED) is 0.529. The summed E-state index contributed by atoms with van der Waals surface area (Å²) in [6, 6.07) is 0. The lowest BCUT2D eigenvalue weighted by Gasteiger charge is -2.08. The zero-order valence-electron chi connectivity index (χ0n) is 4.55. The first-order valence-electron chi connectivity index (χ1n) is 2.36. The lowest BCUT2D eigenvalue weighted by molar-refractivity contribution is 0.0788. The molecule has 1 unspecified atom stereocenters. The molecule has 2 heteroatoms. The molecule has 0 bridgehead atoms. The van der Waals surface area contributed by atoms with Gasteiger partial charge in [-0.1, -0.05) is 6.92 Å². The van der Waals surface area contributed by atoms with Crippen LogP contribution in [0.25, 0.3) is 0 Å². The molecule has 0 aliphatic rings. The Morgan fingerprint density at radius 1 is 1.86 bits per heavy atom. The molecule has 0 fully saturated rings. The summed E-state index contributed by atoms with van der Waals surface area (Å²) in [5.74, 6) is 0. The Morgan fingerprint density at radius 2 is 2.43 bits per heavy atom. The summed E-state index contributed by atoms with van der Waals surface area (Å²) in [6.45, 7) is 2.24. The van der Waals surface area contributed by atoms with Gasteiger partial charge in [-0.25, -0.2) is 7.11 Å². The van der Waals surface area contributed by atoms with Gasteiger partial charge in [-0.3, -0.25) is 0 Å². The average molecular weight is 103 g/mol. The maximum absolute atomic E-state index is 8.69. The van der Waals surface area contributed by atoms with Gasteiger partial charge >= 0.3 is 0 Å². The molecule has 2 nitrogen and oxygen atoms in total. The Kier molecular flexibility index (Phi) is 4.04. The van der Waals surface area contributed by atoms with Gasteiger partial charge in [0, 0.05) is 6.61 Å². The molecule has 0 aromatic heterocycles. The summed E-state index contributed by atoms with van der Waals surface area (Å²) < 4.78 is 4.39. The molecular formula is C5H11O2-. The van der Waals surface area contributed by atoms with Crippen LogP contribution in [0.4, 0.5) is 0 Å². The number of rotatable bonds is 3. The minimum Gasteiger partial charge on any atom is -0.553 e. The van der Waals surface area contributed by atoms with E-state index in [9.17, 15) is 0 Å². The summed E-state index contributed by atoms with van der Waals surface area (Å²) in [7, 11) is 3.11. The van der Waals surface area contributed by atoms with E-state index in [0.717, 1.165) is 6.42 Å². The van der Waals surface area contributed by atoms with E-state index >= 15 is 0 Å². The van der Waals surface area contributed by atoms with Crippen molar-refractivity contribution in [1.29, 1.82) is 0 Å². The molecule has 0 heterocycles. The van der Waals surface area contributed by atoms with Crippen LogP contribution < -0.4 is 0 Å². The van der Waals surface area contributed by atoms with Gasteiger partial charge in [-0.15, -0.1) is 0 Å². The van der Waals surface area contributed by atoms with E-state index in [1.54, 1.807) is 0 Å². The number of aliphatic hydroxyl groups is 1. The molecule has 1 N–H and O–H groups in total. The van der Waals surface area contributed by atoms with Crippen LogP contribution in [0.3, 0.4) is 0 Å². The highest BCUT2D eigenvalue weighted by molar-refractivity contribution is 4.46. The molecule has 0 aliphatic carbocycles. The van der Waals surface area contributed by atoms with E-state index in [2.05, 4.69) is 11.8 Å². The fourth-order valence-corrected chi connectivity index (χ4v) is 0.254. The first kappa shape index (κ1) is 6.92. The van der Waals surface area contributed by atoms with Crippen molar-refractivity contribution in [1.82, 2.24) is 0 Å². The van der Waals surface area contributed by atoms with Crippen molar-refractivity contribution in [2.75, 3.05) is 6.61 Å². The van der Waals surface area contributed by atoms with Crippen LogP contribution >= 0.6 is 0 Å². The third kappa shape index (κ3) is 3.76. The van der Waals surface area contributed by atoms with Crippen LogP contribution in [0.5, 0.6) is 0 Å². The van der Waals surface area contributed by atoms with E-state index < -0.39 is 0 Å². The number of hydrogen-bond acceptors (Lipinski definition) is 2. The third-order valence-corrected chi connectivity index (χ3v) is 0.781. The van der Waals surface area contributed by atoms with E-state index in [0.29, 0.717) is 6.61 Å². The molecule has 0 amide bonds. The zero-order chi connectivity index (χ0) is 5.70. The molecule has 0 saturated carbocycles. The molecule has 0 aliphatic heterocycles. The van der Waals surface area contributed by atoms with Gasteiger partial charge < -0.3 is 9.84 Å². The molecule has 0 radical (unpaired) electrons. The van der Waals surface area contributed by atoms with Crippen molar-refractivity contribution in [3.8, 4) is 0 Å². The van der Waals surface area contributed by atoms with E-state index in [-0.39, 0.29) is 6.10 Å². The monoisotopic (exact) mass is 103 g/mol. The predicted octanol–water partition coefficient (Wildman–Crippen LogP) is 0.565. The van der Waals surface area contributed by atoms with Gasteiger partial charge in [0.05, 0.1) is 6.10 Å². The molecular weight excluding hydrogens is 92.1 g/mol. The molecule has 0 aromatic rings. The second kappa shape index (κ2) is 4.09. The second-order valence-electron chi connectivity index (χ2n) is 1.43. The van der Waals surface area contributed by atoms with Crippen LogP contribution in [-0.2, 0) is 4.74 Å². The number of aliphatic hydroxyl groups excluding tert-OH is 1. The highest BCUT2D eigenvalue weighted by Crippen LogP contribution is 1.87. The van der Waals surface area contributed by atoms with Crippen LogP contribution in [0.15, 0.2) is 0 Å². The highest BCUT2D eigenvalue weighted by atomic mass is 16.5. The van der Waals surface area contributed by atoms with Gasteiger partial charge in [0.1, 0.15) is 0 Å². The Morgan fingerprint density at radius 3 is 2.57 bits per heavy atom. The van der Waals surface area contributed by atoms with Crippen molar-refractivity contribution in [2.45, 2.75) is 19.4 Å². The molecule has 0 saturated heterocycles. The maximum Gasteiger partial charge on any atom is 0.0741 e. The molecule has 0 aromatic carbocycles. The first-order valence-corrected chi connectivity index (χ1v) is 2.36. The van der Waals surface area contributed by atoms with Gasteiger partial charge in [-0.2, -0.15) is 0 Å². The van der Waals surface area contributed by atoms with Gasteiger partial charge in [-0.05, 0) is 6.42 Å². The Balaban J connectivity index is 2.83. The minimum atomic E-state index is -0.336. The molecule has 44 valence electrons. The van der Waals surface area contributed by atoms with Crippen molar-refractivity contribution >= 4 is 0 Å². The Bertz CT molecular complexity index is 37.1. The zero-order valence-corrected chi connectivity index (χ0v) is 4.55. The predicted molar refractivity (Wildman–Crippen MR) is 27.6 cm³/mol. The normalized spacial score (nSPS) is 14.1. The summed E-state index contributed by atoms with van der Waals surface area (Å²) in [6.07, 6.45) is 0.396. The summed E-state index contributed by atoms with van der Waals surface area (Å²) >= 11 is 0. The van der Waals surface area contributed by atoms with Gasteiger partial charge in [0.2, 0.25) is 0 Å². The Hall–Kier alpha value is -0.0800. The van der Waals surface area contributed by atoms with Crippen molar-refractivity contribution in [2.24, 2.45) is 0 Å². The fourth-order valence-electron chi connectivity index (χ4n) is 0.254. The van der Waals surface area contributed by atoms with Crippen molar-refractivity contribution in [3.05, 3.63) is 7.11 Å². The Labute approximate surface area is 44.1 Å². The lowest BCUT2D eigenvalue weighted by atomic mass is 10.3. The number of ether oxygens (including phenoxy) is 1. The topological polar surface area (TPSA) is 29.5 Å². The van der Waals surface area contributed by atoms with Crippen molar-refractivity contribution in [3.63, 3.8) is 0 Å². The van der Waals surface area contributed by atoms with Crippen LogP contribution in [0.1, 0.15) is 13.3 Å². The summed E-state index contributed by atoms with van der Waals surface area (Å²) in [4.78, 5) is 0.